The normalized spacial score (nSPS) is 17.7. The second kappa shape index (κ2) is 7.46. The van der Waals surface area contributed by atoms with Crippen LogP contribution in [0.3, 0.4) is 0 Å². The van der Waals surface area contributed by atoms with Crippen LogP contribution in [0, 0.1) is 5.92 Å². The molecule has 1 saturated heterocycles. The lowest BCUT2D eigenvalue weighted by atomic mass is 9.95. The number of anilines is 1. The zero-order valence-corrected chi connectivity index (χ0v) is 15.5. The van der Waals surface area contributed by atoms with E-state index in [-0.39, 0.29) is 17.7 Å². The molecule has 3 heterocycles. The molecular weight excluding hydrogens is 344 g/mol. The summed E-state index contributed by atoms with van der Waals surface area (Å²) in [5.74, 6) is 0.276. The average Bonchev–Trinajstić information content (AvgIpc) is 3.35. The van der Waals surface area contributed by atoms with E-state index in [1.807, 2.05) is 51.6 Å². The summed E-state index contributed by atoms with van der Waals surface area (Å²) >= 11 is 1.62. The fraction of sp³-hybridized carbons (Fsp3) is 0.333. The van der Waals surface area contributed by atoms with Crippen molar-refractivity contribution in [2.75, 3.05) is 24.5 Å². The molecule has 26 heavy (non-hydrogen) atoms. The van der Waals surface area contributed by atoms with Crippen LogP contribution in [0.2, 0.25) is 0 Å². The van der Waals surface area contributed by atoms with Crippen molar-refractivity contribution in [2.24, 2.45) is 5.92 Å². The zero-order valence-electron chi connectivity index (χ0n) is 14.6. The van der Waals surface area contributed by atoms with Crippen LogP contribution in [0.15, 0.2) is 47.9 Å². The molecule has 1 fully saturated rings. The summed E-state index contributed by atoms with van der Waals surface area (Å²) in [4.78, 5) is 30.1. The van der Waals surface area contributed by atoms with Crippen molar-refractivity contribution < 1.29 is 9.59 Å². The van der Waals surface area contributed by atoms with Gasteiger partial charge in [-0.15, -0.1) is 11.3 Å². The maximum atomic E-state index is 12.9. The van der Waals surface area contributed by atoms with Crippen LogP contribution in [0.1, 0.15) is 23.3 Å². The van der Waals surface area contributed by atoms with Crippen molar-refractivity contribution in [2.45, 2.75) is 19.3 Å². The highest BCUT2D eigenvalue weighted by Crippen LogP contribution is 2.31. The molecule has 134 valence electrons. The van der Waals surface area contributed by atoms with Gasteiger partial charge in [0.05, 0.1) is 0 Å². The minimum atomic E-state index is 0.0199. The second-order valence-corrected chi connectivity index (χ2v) is 7.80. The lowest BCUT2D eigenvalue weighted by molar-refractivity contribution is -0.130. The van der Waals surface area contributed by atoms with Gasteiger partial charge in [-0.2, -0.15) is 0 Å². The second-order valence-electron chi connectivity index (χ2n) is 6.82. The molecule has 5 heteroatoms. The number of amides is 2. The molecule has 0 saturated carbocycles. The third-order valence-electron chi connectivity index (χ3n) is 5.24. The number of rotatable bonds is 3. The first-order chi connectivity index (χ1) is 12.7. The van der Waals surface area contributed by atoms with Crippen molar-refractivity contribution in [1.82, 2.24) is 4.90 Å². The Kier molecular flexibility index (Phi) is 4.89. The molecule has 1 aromatic heterocycles. The van der Waals surface area contributed by atoms with E-state index in [1.54, 1.807) is 17.4 Å². The Morgan fingerprint density at radius 3 is 2.62 bits per heavy atom. The number of piperidine rings is 1. The summed E-state index contributed by atoms with van der Waals surface area (Å²) < 4.78 is 0. The third-order valence-corrected chi connectivity index (χ3v) is 6.08. The van der Waals surface area contributed by atoms with Gasteiger partial charge in [0.1, 0.15) is 0 Å². The lowest BCUT2D eigenvalue weighted by Gasteiger charge is -2.32. The molecule has 0 bridgehead atoms. The number of carbonyl (C=O) groups excluding carboxylic acids is 2. The number of hydrogen-bond donors (Lipinski definition) is 0. The predicted molar refractivity (Wildman–Crippen MR) is 105 cm³/mol. The Balaban J connectivity index is 1.34. The molecule has 0 atom stereocenters. The maximum Gasteiger partial charge on any atom is 0.246 e. The number of likely N-dealkylation sites (tertiary alicyclic amines) is 1. The fourth-order valence-electron chi connectivity index (χ4n) is 3.78. The summed E-state index contributed by atoms with van der Waals surface area (Å²) in [6, 6.07) is 12.1. The quantitative estimate of drug-likeness (QED) is 0.779. The van der Waals surface area contributed by atoms with Crippen LogP contribution in [-0.4, -0.2) is 36.3 Å². The summed E-state index contributed by atoms with van der Waals surface area (Å²) in [6.45, 7) is 2.08. The number of para-hydroxylation sites is 1. The molecule has 0 spiro atoms. The van der Waals surface area contributed by atoms with Crippen molar-refractivity contribution in [1.29, 1.82) is 0 Å². The maximum absolute atomic E-state index is 12.9. The summed E-state index contributed by atoms with van der Waals surface area (Å²) in [7, 11) is 0. The van der Waals surface area contributed by atoms with Crippen molar-refractivity contribution in [3.63, 3.8) is 0 Å². The van der Waals surface area contributed by atoms with Gasteiger partial charge < -0.3 is 9.80 Å². The Labute approximate surface area is 157 Å². The van der Waals surface area contributed by atoms with Crippen LogP contribution in [0.5, 0.6) is 0 Å². The molecule has 2 aliphatic heterocycles. The van der Waals surface area contributed by atoms with Gasteiger partial charge >= 0.3 is 0 Å². The topological polar surface area (TPSA) is 40.6 Å². The van der Waals surface area contributed by atoms with E-state index in [0.29, 0.717) is 13.1 Å². The van der Waals surface area contributed by atoms with Gasteiger partial charge in [-0.1, -0.05) is 24.3 Å². The van der Waals surface area contributed by atoms with Crippen LogP contribution in [0.4, 0.5) is 5.69 Å². The van der Waals surface area contributed by atoms with E-state index >= 15 is 0 Å². The molecular formula is C21H22N2O2S. The van der Waals surface area contributed by atoms with E-state index in [0.717, 1.165) is 36.4 Å². The Morgan fingerprint density at radius 1 is 1.04 bits per heavy atom. The summed E-state index contributed by atoms with van der Waals surface area (Å²) in [5.41, 5.74) is 2.32. The van der Waals surface area contributed by atoms with E-state index in [2.05, 4.69) is 6.07 Å². The molecule has 1 aromatic carbocycles. The molecule has 0 aliphatic carbocycles. The smallest absolute Gasteiger partial charge is 0.246 e. The zero-order chi connectivity index (χ0) is 17.9. The van der Waals surface area contributed by atoms with Crippen molar-refractivity contribution >= 4 is 34.9 Å². The lowest BCUT2D eigenvalue weighted by Crippen LogP contribution is -2.43. The number of hydrogen-bond acceptors (Lipinski definition) is 3. The van der Waals surface area contributed by atoms with Crippen LogP contribution < -0.4 is 4.90 Å². The first kappa shape index (κ1) is 17.0. The standard InChI is InChI=1S/C21H22N2O2S/c24-20(8-7-18-5-3-15-26-18)22-12-9-17(10-13-22)21(25)23-14-11-16-4-1-2-6-19(16)23/h1-8,15,17H,9-14H2/b8-7+. The molecule has 0 radical (unpaired) electrons. The van der Waals surface area contributed by atoms with Crippen molar-refractivity contribution in [3.05, 3.63) is 58.3 Å². The Hall–Kier alpha value is -2.40. The van der Waals surface area contributed by atoms with Crippen LogP contribution in [0.25, 0.3) is 6.08 Å². The van der Waals surface area contributed by atoms with E-state index in [4.69, 9.17) is 0 Å². The highest BCUT2D eigenvalue weighted by molar-refractivity contribution is 7.10. The molecule has 4 rings (SSSR count). The molecule has 4 nitrogen and oxygen atoms in total. The van der Waals surface area contributed by atoms with Gasteiger partial charge in [-0.3, -0.25) is 9.59 Å². The predicted octanol–water partition coefficient (Wildman–Crippen LogP) is 3.59. The Bertz CT molecular complexity index is 820. The fourth-order valence-corrected chi connectivity index (χ4v) is 4.40. The minimum Gasteiger partial charge on any atom is -0.339 e. The molecule has 2 aromatic rings. The molecule has 0 unspecified atom stereocenters. The monoisotopic (exact) mass is 366 g/mol. The van der Waals surface area contributed by atoms with E-state index in [9.17, 15) is 9.59 Å². The molecule has 2 aliphatic rings. The molecule has 2 amide bonds. The van der Waals surface area contributed by atoms with E-state index < -0.39 is 0 Å². The Morgan fingerprint density at radius 2 is 1.85 bits per heavy atom. The van der Waals surface area contributed by atoms with Crippen LogP contribution in [-0.2, 0) is 16.0 Å². The minimum absolute atomic E-state index is 0.0199. The SMILES string of the molecule is O=C(/C=C/c1cccs1)N1CCC(C(=O)N2CCc3ccccc32)CC1. The number of benzene rings is 1. The largest absolute Gasteiger partial charge is 0.339 e. The summed E-state index contributed by atoms with van der Waals surface area (Å²) in [5, 5.41) is 2.00. The number of carbonyl (C=O) groups is 2. The van der Waals surface area contributed by atoms with Crippen molar-refractivity contribution in [3.8, 4) is 0 Å². The highest BCUT2D eigenvalue weighted by atomic mass is 32.1. The van der Waals surface area contributed by atoms with Gasteiger partial charge in [0.25, 0.3) is 0 Å². The van der Waals surface area contributed by atoms with Crippen LogP contribution >= 0.6 is 11.3 Å². The van der Waals surface area contributed by atoms with Gasteiger partial charge in [0, 0.05) is 42.2 Å². The summed E-state index contributed by atoms with van der Waals surface area (Å²) in [6.07, 6.45) is 5.94. The third kappa shape index (κ3) is 3.44. The number of fused-ring (bicyclic) bond motifs is 1. The average molecular weight is 366 g/mol. The highest BCUT2D eigenvalue weighted by Gasteiger charge is 2.32. The first-order valence-corrected chi connectivity index (χ1v) is 10.00. The number of thiophene rings is 1. The van der Waals surface area contributed by atoms with Gasteiger partial charge in [0.2, 0.25) is 11.8 Å². The van der Waals surface area contributed by atoms with Gasteiger partial charge in [0.15, 0.2) is 0 Å². The van der Waals surface area contributed by atoms with E-state index in [1.165, 1.54) is 5.56 Å². The van der Waals surface area contributed by atoms with Gasteiger partial charge in [-0.05, 0) is 48.4 Å². The first-order valence-electron chi connectivity index (χ1n) is 9.12. The van der Waals surface area contributed by atoms with Gasteiger partial charge in [-0.25, -0.2) is 0 Å². The number of nitrogens with zero attached hydrogens (tertiary/aromatic N) is 2. The molecule has 0 N–H and O–H groups in total.